The lowest BCUT2D eigenvalue weighted by molar-refractivity contribution is 0.592. The second-order valence-corrected chi connectivity index (χ2v) is 6.33. The van der Waals surface area contributed by atoms with E-state index < -0.39 is 10.2 Å². The number of rotatable bonds is 2. The van der Waals surface area contributed by atoms with Crippen molar-refractivity contribution in [2.75, 3.05) is 10.8 Å². The van der Waals surface area contributed by atoms with Crippen molar-refractivity contribution in [1.82, 2.24) is 9.97 Å². The molecule has 0 fully saturated rings. The predicted molar refractivity (Wildman–Crippen MR) is 84.9 cm³/mol. The normalized spacial score (nSPS) is 16.1. The summed E-state index contributed by atoms with van der Waals surface area (Å²) in [7, 11) is -3.85. The topological polar surface area (TPSA) is 102 Å². The maximum atomic E-state index is 12.1. The van der Waals surface area contributed by atoms with Gasteiger partial charge < -0.3 is 5.73 Å². The van der Waals surface area contributed by atoms with E-state index >= 15 is 0 Å². The van der Waals surface area contributed by atoms with Crippen LogP contribution in [0.2, 0.25) is 0 Å². The Balaban J connectivity index is 2.28. The highest BCUT2D eigenvalue weighted by molar-refractivity contribution is 7.91. The minimum absolute atomic E-state index is 0.130. The number of hydrogen-bond donors (Lipinski definition) is 1. The Morgan fingerprint density at radius 3 is 2.45 bits per heavy atom. The van der Waals surface area contributed by atoms with Gasteiger partial charge in [-0.1, -0.05) is 30.3 Å². The summed E-state index contributed by atoms with van der Waals surface area (Å²) in [5.41, 5.74) is 8.20. The lowest BCUT2D eigenvalue weighted by Gasteiger charge is -2.25. The van der Waals surface area contributed by atoms with Gasteiger partial charge in [-0.2, -0.15) is 8.42 Å². The Hall–Kier alpha value is -2.48. The van der Waals surface area contributed by atoms with E-state index in [0.717, 1.165) is 9.87 Å². The van der Waals surface area contributed by atoms with Crippen LogP contribution < -0.4 is 10.0 Å². The molecule has 2 heterocycles. The summed E-state index contributed by atoms with van der Waals surface area (Å²) in [6.45, 7) is 3.72. The van der Waals surface area contributed by atoms with Gasteiger partial charge in [0.25, 0.3) is 0 Å². The molecule has 1 aliphatic rings. The molecule has 0 saturated heterocycles. The standard InChI is InChI=1S/C14H15N5O2S/c1-3-19-14-12(13(15)18-22(19,20)21)16-9(2)11(17-14)10-7-5-4-6-8-10/h4-8H,3H2,1-2H3,(H2,15,18). The number of nitrogens with zero attached hydrogens (tertiary/aromatic N) is 4. The molecule has 0 saturated carbocycles. The Morgan fingerprint density at radius 1 is 1.14 bits per heavy atom. The van der Waals surface area contributed by atoms with Gasteiger partial charge in [-0.3, -0.25) is 0 Å². The quantitative estimate of drug-likeness (QED) is 0.898. The van der Waals surface area contributed by atoms with Gasteiger partial charge in [-0.25, -0.2) is 14.3 Å². The highest BCUT2D eigenvalue weighted by atomic mass is 32.2. The zero-order valence-electron chi connectivity index (χ0n) is 12.2. The van der Waals surface area contributed by atoms with Crippen molar-refractivity contribution in [3.05, 3.63) is 41.7 Å². The Bertz CT molecular complexity index is 862. The molecule has 7 nitrogen and oxygen atoms in total. The third kappa shape index (κ3) is 2.21. The summed E-state index contributed by atoms with van der Waals surface area (Å²) < 4.78 is 28.9. The molecule has 2 N–H and O–H groups in total. The molecule has 3 rings (SSSR count). The first-order valence-electron chi connectivity index (χ1n) is 6.76. The van der Waals surface area contributed by atoms with Crippen LogP contribution in [0.3, 0.4) is 0 Å². The first-order valence-corrected chi connectivity index (χ1v) is 8.16. The van der Waals surface area contributed by atoms with E-state index in [1.165, 1.54) is 0 Å². The van der Waals surface area contributed by atoms with Crippen LogP contribution in [0.1, 0.15) is 18.3 Å². The fourth-order valence-electron chi connectivity index (χ4n) is 2.36. The van der Waals surface area contributed by atoms with Crippen LogP contribution in [0.4, 0.5) is 5.82 Å². The third-order valence-electron chi connectivity index (χ3n) is 3.36. The van der Waals surface area contributed by atoms with E-state index in [4.69, 9.17) is 5.73 Å². The summed E-state index contributed by atoms with van der Waals surface area (Å²) >= 11 is 0. The molecule has 0 amide bonds. The van der Waals surface area contributed by atoms with Crippen LogP contribution in [0, 0.1) is 6.92 Å². The molecular weight excluding hydrogens is 302 g/mol. The molecule has 8 heteroatoms. The Morgan fingerprint density at radius 2 is 1.82 bits per heavy atom. The minimum atomic E-state index is -3.85. The van der Waals surface area contributed by atoms with Crippen molar-refractivity contribution in [1.29, 1.82) is 0 Å². The van der Waals surface area contributed by atoms with Crippen LogP contribution in [0.25, 0.3) is 11.3 Å². The van der Waals surface area contributed by atoms with Gasteiger partial charge in [0.1, 0.15) is 5.69 Å². The minimum Gasteiger partial charge on any atom is -0.381 e. The molecule has 1 aromatic carbocycles. The fraction of sp³-hybridized carbons (Fsp3) is 0.214. The van der Waals surface area contributed by atoms with Gasteiger partial charge in [0.2, 0.25) is 0 Å². The lowest BCUT2D eigenvalue weighted by atomic mass is 10.1. The van der Waals surface area contributed by atoms with Gasteiger partial charge in [0, 0.05) is 12.1 Å². The molecule has 0 atom stereocenters. The number of fused-ring (bicyclic) bond motifs is 1. The van der Waals surface area contributed by atoms with Crippen molar-refractivity contribution in [3.63, 3.8) is 0 Å². The number of amidine groups is 1. The average Bonchev–Trinajstić information content (AvgIpc) is 2.48. The zero-order chi connectivity index (χ0) is 15.9. The first-order chi connectivity index (χ1) is 10.4. The monoisotopic (exact) mass is 317 g/mol. The first kappa shape index (κ1) is 14.5. The number of aryl methyl sites for hydroxylation is 1. The summed E-state index contributed by atoms with van der Waals surface area (Å²) in [5, 5.41) is 0. The SMILES string of the molecule is CCN1c2nc(-c3ccccc3)c(C)nc2C(N)=NS1(=O)=O. The van der Waals surface area contributed by atoms with E-state index in [-0.39, 0.29) is 18.2 Å². The van der Waals surface area contributed by atoms with E-state index in [9.17, 15) is 8.42 Å². The summed E-state index contributed by atoms with van der Waals surface area (Å²) in [6.07, 6.45) is 0. The molecule has 0 bridgehead atoms. The highest BCUT2D eigenvalue weighted by Crippen LogP contribution is 2.29. The number of nitrogens with two attached hydrogens (primary N) is 1. The van der Waals surface area contributed by atoms with Crippen molar-refractivity contribution >= 4 is 21.9 Å². The Labute approximate surface area is 128 Å². The molecule has 1 aliphatic heterocycles. The largest absolute Gasteiger partial charge is 0.381 e. The van der Waals surface area contributed by atoms with Gasteiger partial charge in [0.05, 0.1) is 11.4 Å². The molecule has 0 radical (unpaired) electrons. The van der Waals surface area contributed by atoms with Crippen LogP contribution in [-0.4, -0.2) is 30.8 Å². The second kappa shape index (κ2) is 5.06. The van der Waals surface area contributed by atoms with Crippen LogP contribution in [-0.2, 0) is 10.2 Å². The molecule has 0 unspecified atom stereocenters. The Kier molecular flexibility index (Phi) is 3.32. The van der Waals surface area contributed by atoms with Gasteiger partial charge in [0.15, 0.2) is 11.7 Å². The zero-order valence-corrected chi connectivity index (χ0v) is 13.0. The van der Waals surface area contributed by atoms with Crippen molar-refractivity contribution in [3.8, 4) is 11.3 Å². The van der Waals surface area contributed by atoms with Crippen LogP contribution in [0.5, 0.6) is 0 Å². The van der Waals surface area contributed by atoms with E-state index in [1.54, 1.807) is 6.92 Å². The average molecular weight is 317 g/mol. The molecule has 0 aliphatic carbocycles. The molecule has 22 heavy (non-hydrogen) atoms. The van der Waals surface area contributed by atoms with Crippen LogP contribution in [0.15, 0.2) is 34.7 Å². The molecule has 2 aromatic rings. The van der Waals surface area contributed by atoms with E-state index in [2.05, 4.69) is 14.4 Å². The number of benzene rings is 1. The van der Waals surface area contributed by atoms with Crippen molar-refractivity contribution in [2.45, 2.75) is 13.8 Å². The number of hydrogen-bond acceptors (Lipinski definition) is 5. The van der Waals surface area contributed by atoms with Crippen molar-refractivity contribution in [2.24, 2.45) is 10.1 Å². The van der Waals surface area contributed by atoms with Crippen molar-refractivity contribution < 1.29 is 8.42 Å². The lowest BCUT2D eigenvalue weighted by Crippen LogP contribution is -2.38. The fourth-order valence-corrected chi connectivity index (χ4v) is 3.47. The molecule has 114 valence electrons. The van der Waals surface area contributed by atoms with E-state index in [1.807, 2.05) is 37.3 Å². The van der Waals surface area contributed by atoms with Gasteiger partial charge >= 0.3 is 10.2 Å². The maximum absolute atomic E-state index is 12.1. The smallest absolute Gasteiger partial charge is 0.347 e. The van der Waals surface area contributed by atoms with E-state index in [0.29, 0.717) is 17.1 Å². The van der Waals surface area contributed by atoms with Crippen LogP contribution >= 0.6 is 0 Å². The summed E-state index contributed by atoms with van der Waals surface area (Å²) in [5.74, 6) is 0.0920. The molecule has 1 aromatic heterocycles. The predicted octanol–water partition coefficient (Wildman–Crippen LogP) is 1.24. The number of aromatic nitrogens is 2. The maximum Gasteiger partial charge on any atom is 0.347 e. The third-order valence-corrected chi connectivity index (χ3v) is 4.77. The number of anilines is 1. The molecular formula is C14H15N5O2S. The second-order valence-electron chi connectivity index (χ2n) is 4.81. The highest BCUT2D eigenvalue weighted by Gasteiger charge is 2.32. The summed E-state index contributed by atoms with van der Waals surface area (Å²) in [4.78, 5) is 8.92. The van der Waals surface area contributed by atoms with Gasteiger partial charge in [-0.15, -0.1) is 4.40 Å². The molecule has 0 spiro atoms. The van der Waals surface area contributed by atoms with Gasteiger partial charge in [-0.05, 0) is 13.8 Å². The summed E-state index contributed by atoms with van der Waals surface area (Å²) in [6, 6.07) is 9.47.